The highest BCUT2D eigenvalue weighted by Gasteiger charge is 2.70. The Hall–Kier alpha value is -3.06. The molecule has 58 heavy (non-hydrogen) atoms. The molecular weight excluding hydrogens is 744 g/mol. The number of hydrogen-bond donors (Lipinski definition) is 4. The molecule has 8 aliphatic carbocycles. The van der Waals surface area contributed by atoms with E-state index in [-0.39, 0.29) is 83.6 Å². The lowest BCUT2D eigenvalue weighted by Crippen LogP contribution is -2.62. The lowest BCUT2D eigenvalue weighted by atomic mass is 9.45. The Bertz CT molecular complexity index is 1730. The first kappa shape index (κ1) is 41.7. The summed E-state index contributed by atoms with van der Waals surface area (Å²) in [5, 5.41) is 47.3. The highest BCUT2D eigenvalue weighted by Crippen LogP contribution is 2.69. The Morgan fingerprint density at radius 2 is 0.983 bits per heavy atom. The van der Waals surface area contributed by atoms with Crippen LogP contribution in [-0.4, -0.2) is 92.1 Å². The van der Waals surface area contributed by atoms with E-state index in [0.29, 0.717) is 38.5 Å². The molecule has 6 fully saturated rings. The fourth-order valence-electron chi connectivity index (χ4n) is 15.2. The fraction of sp³-hybridized carbons (Fsp3) is 0.783. The zero-order valence-electron chi connectivity index (χ0n) is 34.6. The topological polar surface area (TPSA) is 202 Å². The number of fused-ring (bicyclic) bond motifs is 10. The lowest BCUT2D eigenvalue weighted by Gasteiger charge is -2.60. The summed E-state index contributed by atoms with van der Waals surface area (Å²) in [7, 11) is 0. The van der Waals surface area contributed by atoms with E-state index in [1.54, 1.807) is 12.2 Å². The van der Waals surface area contributed by atoms with Gasteiger partial charge in [0.2, 0.25) is 11.6 Å². The molecule has 14 atom stereocenters. The van der Waals surface area contributed by atoms with Crippen LogP contribution in [0.3, 0.4) is 0 Å². The van der Waals surface area contributed by atoms with E-state index < -0.39 is 83.8 Å². The number of aliphatic hydroxyl groups excluding tert-OH is 2. The van der Waals surface area contributed by atoms with Crippen LogP contribution >= 0.6 is 0 Å². The van der Waals surface area contributed by atoms with Gasteiger partial charge in [0.05, 0.1) is 25.0 Å². The lowest BCUT2D eigenvalue weighted by molar-refractivity contribution is -0.185. The minimum atomic E-state index is -1.81. The van der Waals surface area contributed by atoms with E-state index >= 15 is 0 Å². The molecule has 318 valence electrons. The van der Waals surface area contributed by atoms with Gasteiger partial charge in [0.25, 0.3) is 0 Å². The predicted octanol–water partition coefficient (Wildman–Crippen LogP) is 4.46. The van der Waals surface area contributed by atoms with E-state index in [4.69, 9.17) is 9.47 Å². The number of aliphatic hydroxyl groups is 4. The van der Waals surface area contributed by atoms with Crippen LogP contribution in [0.15, 0.2) is 23.3 Å². The molecule has 8 rings (SSSR count). The molecule has 0 aromatic heterocycles. The van der Waals surface area contributed by atoms with Gasteiger partial charge in [-0.15, -0.1) is 0 Å². The van der Waals surface area contributed by atoms with Crippen LogP contribution in [0.2, 0.25) is 0 Å². The van der Waals surface area contributed by atoms with E-state index in [9.17, 15) is 49.2 Å². The average molecular weight is 807 g/mol. The molecule has 0 aliphatic heterocycles. The highest BCUT2D eigenvalue weighted by molar-refractivity contribution is 5.93. The summed E-state index contributed by atoms with van der Waals surface area (Å²) >= 11 is 0. The van der Waals surface area contributed by atoms with Gasteiger partial charge in [-0.05, 0) is 136 Å². The molecule has 6 saturated carbocycles. The highest BCUT2D eigenvalue weighted by atomic mass is 16.5. The summed E-state index contributed by atoms with van der Waals surface area (Å²) < 4.78 is 10.5. The second kappa shape index (κ2) is 14.3. The number of ether oxygens (including phenoxy) is 2. The van der Waals surface area contributed by atoms with Crippen LogP contribution in [0, 0.1) is 57.2 Å². The Morgan fingerprint density at radius 1 is 0.603 bits per heavy atom. The molecule has 0 saturated heterocycles. The third-order valence-corrected chi connectivity index (χ3v) is 18.3. The van der Waals surface area contributed by atoms with Crippen LogP contribution in [0.25, 0.3) is 0 Å². The Morgan fingerprint density at radius 3 is 1.36 bits per heavy atom. The number of carbonyl (C=O) groups is 6. The van der Waals surface area contributed by atoms with Gasteiger partial charge in [-0.1, -0.05) is 38.8 Å². The standard InChI is InChI=1S/C46H62O12/c1-41-15-11-27(47)19-25(41)5-7-29-31-13-17-45(55,43(31,3)21-33(49)39(29)41)35(51)23-57-37(53)9-10-38(54)58-24-36(52)46(56)18-14-32-30-8-6-26-20-28(48)12-16-42(26,2)40(30)34(50)22-44(32,46)4/h19-20,29-34,39-40,49-50,55-56H,5-18,21-24H2,1-4H3/t29-,30-,31-,32-,33-,34-,39+,40+,41-,42-,43-,44-,45-,46-/m0/s1. The van der Waals surface area contributed by atoms with Crippen molar-refractivity contribution < 1.29 is 58.7 Å². The molecule has 0 unspecified atom stereocenters. The average Bonchev–Trinajstić information content (AvgIpc) is 3.60. The monoisotopic (exact) mass is 806 g/mol. The first-order valence-corrected chi connectivity index (χ1v) is 21.9. The number of hydrogen-bond acceptors (Lipinski definition) is 12. The van der Waals surface area contributed by atoms with Gasteiger partial charge in [0.1, 0.15) is 11.2 Å². The smallest absolute Gasteiger partial charge is 0.306 e. The van der Waals surface area contributed by atoms with Crippen LogP contribution in [0.5, 0.6) is 0 Å². The fourth-order valence-corrected chi connectivity index (χ4v) is 15.2. The van der Waals surface area contributed by atoms with Crippen molar-refractivity contribution in [2.24, 2.45) is 57.2 Å². The van der Waals surface area contributed by atoms with Crippen LogP contribution < -0.4 is 0 Å². The van der Waals surface area contributed by atoms with Crippen molar-refractivity contribution in [3.05, 3.63) is 23.3 Å². The number of carbonyl (C=O) groups excluding carboxylic acids is 6. The Labute approximate surface area is 340 Å². The van der Waals surface area contributed by atoms with Gasteiger partial charge in [0, 0.05) is 23.7 Å². The zero-order valence-corrected chi connectivity index (χ0v) is 34.6. The van der Waals surface area contributed by atoms with Crippen molar-refractivity contribution in [1.29, 1.82) is 0 Å². The Balaban J connectivity index is 0.827. The SMILES string of the molecule is C[C@]12CCC(=O)C=C1CC[C@@H]1[C@@H]2[C@@H](O)C[C@@]2(C)[C@H]1CC[C@]2(O)C(=O)COC(=O)CCC(=O)OCC(=O)[C@@]1(O)CC[C@H]2[C@@H]3CCC4=CC(=O)CC[C@]4(C)[C@H]3[C@@H](O)C[C@@]21C. The van der Waals surface area contributed by atoms with Crippen molar-refractivity contribution in [2.75, 3.05) is 13.2 Å². The van der Waals surface area contributed by atoms with E-state index in [1.807, 2.05) is 13.8 Å². The predicted molar refractivity (Wildman–Crippen MR) is 207 cm³/mol. The van der Waals surface area contributed by atoms with Gasteiger partial charge in [-0.25, -0.2) is 0 Å². The summed E-state index contributed by atoms with van der Waals surface area (Å²) in [6.07, 6.45) is 8.42. The van der Waals surface area contributed by atoms with Crippen molar-refractivity contribution in [3.63, 3.8) is 0 Å². The minimum Gasteiger partial charge on any atom is -0.458 e. The normalized spacial score (nSPS) is 46.6. The number of rotatable bonds is 9. The third-order valence-electron chi connectivity index (χ3n) is 18.3. The van der Waals surface area contributed by atoms with Gasteiger partial charge < -0.3 is 29.9 Å². The summed E-state index contributed by atoms with van der Waals surface area (Å²) in [6, 6.07) is 0. The molecule has 0 radical (unpaired) electrons. The summed E-state index contributed by atoms with van der Waals surface area (Å²) in [5.41, 5.74) is -3.88. The van der Waals surface area contributed by atoms with E-state index in [2.05, 4.69) is 13.8 Å². The van der Waals surface area contributed by atoms with Gasteiger partial charge >= 0.3 is 11.9 Å². The molecule has 12 nitrogen and oxygen atoms in total. The molecule has 0 aromatic carbocycles. The van der Waals surface area contributed by atoms with Crippen molar-refractivity contribution in [2.45, 2.75) is 154 Å². The van der Waals surface area contributed by atoms with Gasteiger partial charge in [-0.2, -0.15) is 0 Å². The maximum atomic E-state index is 13.7. The minimum absolute atomic E-state index is 0.0270. The molecular formula is C46H62O12. The number of allylic oxidation sites excluding steroid dienone is 2. The molecule has 0 heterocycles. The molecule has 0 amide bonds. The maximum Gasteiger partial charge on any atom is 0.306 e. The van der Waals surface area contributed by atoms with Crippen molar-refractivity contribution in [3.8, 4) is 0 Å². The number of ketones is 4. The summed E-state index contributed by atoms with van der Waals surface area (Å²) in [5.74, 6) is -2.76. The third kappa shape index (κ3) is 6.03. The second-order valence-corrected chi connectivity index (χ2v) is 20.6. The Kier molecular flexibility index (Phi) is 10.2. The molecule has 0 aromatic rings. The first-order chi connectivity index (χ1) is 27.2. The van der Waals surface area contributed by atoms with E-state index in [0.717, 1.165) is 36.8 Å². The first-order valence-electron chi connectivity index (χ1n) is 21.9. The maximum absolute atomic E-state index is 13.7. The second-order valence-electron chi connectivity index (χ2n) is 20.6. The van der Waals surface area contributed by atoms with Crippen LogP contribution in [-0.2, 0) is 38.2 Å². The molecule has 12 heteroatoms. The molecule has 8 aliphatic rings. The van der Waals surface area contributed by atoms with E-state index in [1.165, 1.54) is 0 Å². The van der Waals surface area contributed by atoms with Gasteiger partial charge in [-0.3, -0.25) is 28.8 Å². The number of Topliss-reactive ketones (excluding diaryl/α,β-unsaturated/α-hetero) is 2. The van der Waals surface area contributed by atoms with Crippen LogP contribution in [0.1, 0.15) is 130 Å². The molecule has 0 bridgehead atoms. The molecule has 4 N–H and O–H groups in total. The van der Waals surface area contributed by atoms with Crippen molar-refractivity contribution >= 4 is 35.1 Å². The summed E-state index contributed by atoms with van der Waals surface area (Å²) in [4.78, 5) is 77.3. The number of esters is 2. The van der Waals surface area contributed by atoms with Crippen LogP contribution in [0.4, 0.5) is 0 Å². The molecule has 0 spiro atoms. The van der Waals surface area contributed by atoms with Crippen molar-refractivity contribution in [1.82, 2.24) is 0 Å². The summed E-state index contributed by atoms with van der Waals surface area (Å²) in [6.45, 7) is 6.64. The zero-order chi connectivity index (χ0) is 41.8. The van der Waals surface area contributed by atoms with Gasteiger partial charge in [0.15, 0.2) is 24.8 Å². The largest absolute Gasteiger partial charge is 0.458 e. The quantitative estimate of drug-likeness (QED) is 0.239.